The highest BCUT2D eigenvalue weighted by Gasteiger charge is 2.40. The van der Waals surface area contributed by atoms with E-state index in [-0.39, 0.29) is 12.0 Å². The van der Waals surface area contributed by atoms with Crippen LogP contribution >= 0.6 is 0 Å². The zero-order valence-electron chi connectivity index (χ0n) is 15.3. The Labute approximate surface area is 150 Å². The number of carbonyl (C=O) groups excluding carboxylic acids is 1. The summed E-state index contributed by atoms with van der Waals surface area (Å²) in [5.41, 5.74) is 1.08. The summed E-state index contributed by atoms with van der Waals surface area (Å²) in [4.78, 5) is 17.4. The number of carbonyl (C=O) groups is 1. The van der Waals surface area contributed by atoms with E-state index < -0.39 is 0 Å². The smallest absolute Gasteiger partial charge is 0.228 e. The van der Waals surface area contributed by atoms with Gasteiger partial charge in [0.1, 0.15) is 6.10 Å². The molecule has 0 unspecified atom stereocenters. The maximum atomic E-state index is 12.9. The molecule has 138 valence electrons. The Balaban J connectivity index is 1.30. The van der Waals surface area contributed by atoms with Gasteiger partial charge in [-0.25, -0.2) is 0 Å². The highest BCUT2D eigenvalue weighted by atomic mass is 16.5. The van der Waals surface area contributed by atoms with Crippen LogP contribution in [0.2, 0.25) is 0 Å². The summed E-state index contributed by atoms with van der Waals surface area (Å²) in [5, 5.41) is 4.33. The first kappa shape index (κ1) is 17.0. The van der Waals surface area contributed by atoms with Gasteiger partial charge in [-0.3, -0.25) is 14.4 Å². The Kier molecular flexibility index (Phi) is 5.08. The second-order valence-electron chi connectivity index (χ2n) is 7.72. The number of morpholine rings is 1. The summed E-state index contributed by atoms with van der Waals surface area (Å²) in [6.45, 7) is 6.84. The molecule has 1 atom stereocenters. The van der Waals surface area contributed by atoms with Gasteiger partial charge in [0, 0.05) is 44.0 Å². The summed E-state index contributed by atoms with van der Waals surface area (Å²) >= 11 is 0. The maximum Gasteiger partial charge on any atom is 0.228 e. The van der Waals surface area contributed by atoms with Crippen molar-refractivity contribution < 1.29 is 9.53 Å². The Morgan fingerprint density at radius 2 is 2.04 bits per heavy atom. The summed E-state index contributed by atoms with van der Waals surface area (Å²) in [5.74, 6) is 0.516. The molecule has 1 aromatic rings. The number of likely N-dealkylation sites (tertiary alicyclic amines) is 1. The van der Waals surface area contributed by atoms with Gasteiger partial charge in [-0.05, 0) is 19.8 Å². The lowest BCUT2D eigenvalue weighted by molar-refractivity contribution is -0.150. The molecule has 0 radical (unpaired) electrons. The number of rotatable bonds is 4. The van der Waals surface area contributed by atoms with Crippen molar-refractivity contribution >= 4 is 5.91 Å². The van der Waals surface area contributed by atoms with E-state index in [1.807, 2.05) is 22.0 Å². The van der Waals surface area contributed by atoms with Crippen molar-refractivity contribution in [1.82, 2.24) is 19.6 Å². The molecule has 0 aromatic carbocycles. The van der Waals surface area contributed by atoms with Gasteiger partial charge in [0.05, 0.1) is 25.3 Å². The largest absolute Gasteiger partial charge is 0.370 e. The monoisotopic (exact) mass is 346 g/mol. The SMILES string of the molecule is CCn1cc([C@@H]2CN(C(=O)C3CN(C4CCCCC4)C3)CCO2)cn1. The second kappa shape index (κ2) is 7.46. The number of nitrogens with zero attached hydrogens (tertiary/aromatic N) is 4. The summed E-state index contributed by atoms with van der Waals surface area (Å²) < 4.78 is 7.80. The standard InChI is InChI=1S/C19H30N4O2/c1-2-23-13-15(10-20-23)18-14-21(8-9-25-18)19(24)16-11-22(12-16)17-6-4-3-5-7-17/h10,13,16-18H,2-9,11-12,14H2,1H3/t18-/m0/s1. The molecule has 1 saturated carbocycles. The minimum Gasteiger partial charge on any atom is -0.370 e. The Morgan fingerprint density at radius 1 is 1.24 bits per heavy atom. The van der Waals surface area contributed by atoms with Gasteiger partial charge in [-0.15, -0.1) is 0 Å². The third-order valence-electron chi connectivity index (χ3n) is 6.08. The maximum absolute atomic E-state index is 12.9. The first-order chi connectivity index (χ1) is 12.2. The molecule has 2 saturated heterocycles. The lowest BCUT2D eigenvalue weighted by Gasteiger charge is -2.47. The van der Waals surface area contributed by atoms with Crippen LogP contribution in [0.3, 0.4) is 0 Å². The Morgan fingerprint density at radius 3 is 2.76 bits per heavy atom. The molecule has 4 rings (SSSR count). The van der Waals surface area contributed by atoms with E-state index in [0.29, 0.717) is 19.1 Å². The molecule has 6 nitrogen and oxygen atoms in total. The lowest BCUT2D eigenvalue weighted by Crippen LogP contribution is -2.59. The van der Waals surface area contributed by atoms with Crippen molar-refractivity contribution in [2.45, 2.75) is 57.7 Å². The fourth-order valence-corrected chi connectivity index (χ4v) is 4.44. The molecule has 1 aliphatic carbocycles. The number of amides is 1. The minimum atomic E-state index is -0.0347. The van der Waals surface area contributed by atoms with Crippen molar-refractivity contribution in [3.63, 3.8) is 0 Å². The van der Waals surface area contributed by atoms with E-state index in [9.17, 15) is 4.79 Å². The van der Waals surface area contributed by atoms with E-state index in [0.717, 1.165) is 37.8 Å². The summed E-state index contributed by atoms with van der Waals surface area (Å²) in [6.07, 6.45) is 10.6. The predicted molar refractivity (Wildman–Crippen MR) is 95.1 cm³/mol. The molecule has 0 spiro atoms. The van der Waals surface area contributed by atoms with Crippen LogP contribution in [0.15, 0.2) is 12.4 Å². The van der Waals surface area contributed by atoms with Crippen molar-refractivity contribution in [2.75, 3.05) is 32.8 Å². The molecular weight excluding hydrogens is 316 g/mol. The zero-order chi connectivity index (χ0) is 17.2. The van der Waals surface area contributed by atoms with Crippen LogP contribution < -0.4 is 0 Å². The highest BCUT2D eigenvalue weighted by molar-refractivity contribution is 5.80. The highest BCUT2D eigenvalue weighted by Crippen LogP contribution is 2.30. The lowest BCUT2D eigenvalue weighted by atomic mass is 9.88. The van der Waals surface area contributed by atoms with Crippen LogP contribution in [-0.2, 0) is 16.1 Å². The average molecular weight is 346 g/mol. The van der Waals surface area contributed by atoms with E-state index >= 15 is 0 Å². The molecule has 0 N–H and O–H groups in total. The van der Waals surface area contributed by atoms with Gasteiger partial charge in [0.15, 0.2) is 0 Å². The van der Waals surface area contributed by atoms with Gasteiger partial charge in [0.25, 0.3) is 0 Å². The van der Waals surface area contributed by atoms with Crippen molar-refractivity contribution in [3.8, 4) is 0 Å². The molecule has 3 fully saturated rings. The molecule has 1 amide bonds. The van der Waals surface area contributed by atoms with Crippen LogP contribution in [0.25, 0.3) is 0 Å². The third-order valence-corrected chi connectivity index (χ3v) is 6.08. The fraction of sp³-hybridized carbons (Fsp3) is 0.789. The molecule has 0 bridgehead atoms. The quantitative estimate of drug-likeness (QED) is 0.837. The minimum absolute atomic E-state index is 0.0347. The van der Waals surface area contributed by atoms with Crippen LogP contribution in [0.5, 0.6) is 0 Å². The predicted octanol–water partition coefficient (Wildman–Crippen LogP) is 2.07. The van der Waals surface area contributed by atoms with Gasteiger partial charge in [0.2, 0.25) is 5.91 Å². The molecule has 1 aromatic heterocycles. The van der Waals surface area contributed by atoms with E-state index in [4.69, 9.17) is 4.74 Å². The number of aryl methyl sites for hydroxylation is 1. The fourth-order valence-electron chi connectivity index (χ4n) is 4.44. The van der Waals surface area contributed by atoms with E-state index in [2.05, 4.69) is 16.9 Å². The number of hydrogen-bond donors (Lipinski definition) is 0. The first-order valence-corrected chi connectivity index (χ1v) is 9.91. The van der Waals surface area contributed by atoms with Gasteiger partial charge in [-0.1, -0.05) is 19.3 Å². The summed E-state index contributed by atoms with van der Waals surface area (Å²) in [6, 6.07) is 0.732. The van der Waals surface area contributed by atoms with Gasteiger partial charge in [-0.2, -0.15) is 5.10 Å². The van der Waals surface area contributed by atoms with Gasteiger partial charge < -0.3 is 9.64 Å². The third kappa shape index (κ3) is 3.60. The van der Waals surface area contributed by atoms with Crippen LogP contribution in [-0.4, -0.2) is 64.3 Å². The number of ether oxygens (including phenoxy) is 1. The van der Waals surface area contributed by atoms with E-state index in [1.165, 1.54) is 32.1 Å². The molecular formula is C19H30N4O2. The van der Waals surface area contributed by atoms with Crippen LogP contribution in [0, 0.1) is 5.92 Å². The molecule has 3 heterocycles. The van der Waals surface area contributed by atoms with Crippen molar-refractivity contribution in [3.05, 3.63) is 18.0 Å². The first-order valence-electron chi connectivity index (χ1n) is 9.91. The van der Waals surface area contributed by atoms with Crippen LogP contribution in [0.1, 0.15) is 50.7 Å². The average Bonchev–Trinajstić information content (AvgIpc) is 3.11. The zero-order valence-corrected chi connectivity index (χ0v) is 15.3. The normalized spacial score (nSPS) is 26.6. The topological polar surface area (TPSA) is 50.6 Å². The molecule has 6 heteroatoms. The second-order valence-corrected chi connectivity index (χ2v) is 7.72. The van der Waals surface area contributed by atoms with Crippen LogP contribution in [0.4, 0.5) is 0 Å². The molecule has 2 aliphatic heterocycles. The van der Waals surface area contributed by atoms with Gasteiger partial charge >= 0.3 is 0 Å². The summed E-state index contributed by atoms with van der Waals surface area (Å²) in [7, 11) is 0. The van der Waals surface area contributed by atoms with E-state index in [1.54, 1.807) is 0 Å². The van der Waals surface area contributed by atoms with Crippen molar-refractivity contribution in [1.29, 1.82) is 0 Å². The van der Waals surface area contributed by atoms with Crippen molar-refractivity contribution in [2.24, 2.45) is 5.92 Å². The number of hydrogen-bond acceptors (Lipinski definition) is 4. The molecule has 3 aliphatic rings. The number of aromatic nitrogens is 2. The Bertz CT molecular complexity index is 590. The molecule has 25 heavy (non-hydrogen) atoms. The Hall–Kier alpha value is -1.40.